The molecule has 8 nitrogen and oxygen atoms in total. The zero-order chi connectivity index (χ0) is 20.0. The normalized spacial score (nSPS) is 15.9. The third-order valence-corrected chi connectivity index (χ3v) is 4.51. The summed E-state index contributed by atoms with van der Waals surface area (Å²) in [4.78, 5) is 42.1. The fourth-order valence-corrected chi connectivity index (χ4v) is 3.01. The molecule has 27 heavy (non-hydrogen) atoms. The van der Waals surface area contributed by atoms with Crippen LogP contribution in [0, 0.1) is 5.92 Å². The topological polar surface area (TPSA) is 103 Å². The average molecular weight is 440 g/mol. The fourth-order valence-electron chi connectivity index (χ4n) is 2.77. The number of carbonyl (C=O) groups excluding carboxylic acids is 3. The zero-order valence-corrected chi connectivity index (χ0v) is 17.4. The lowest BCUT2D eigenvalue weighted by Crippen LogP contribution is -2.51. The minimum atomic E-state index is -0.497. The first kappa shape index (κ1) is 21.3. The van der Waals surface area contributed by atoms with E-state index in [1.165, 1.54) is 0 Å². The number of nitrogens with one attached hydrogen (secondary N) is 3. The van der Waals surface area contributed by atoms with Crippen molar-refractivity contribution in [2.24, 2.45) is 5.92 Å². The number of pyridine rings is 1. The molecule has 3 N–H and O–H groups in total. The molecule has 1 aliphatic rings. The molecular formula is C18H26BrN5O3. The van der Waals surface area contributed by atoms with E-state index in [0.29, 0.717) is 31.7 Å². The van der Waals surface area contributed by atoms with Gasteiger partial charge < -0.3 is 10.6 Å². The molecule has 0 radical (unpaired) electrons. The van der Waals surface area contributed by atoms with Gasteiger partial charge >= 0.3 is 6.03 Å². The molecule has 148 valence electrons. The molecule has 1 aromatic heterocycles. The van der Waals surface area contributed by atoms with E-state index in [2.05, 4.69) is 36.9 Å². The van der Waals surface area contributed by atoms with Crippen LogP contribution >= 0.6 is 15.9 Å². The Morgan fingerprint density at radius 1 is 1.22 bits per heavy atom. The lowest BCUT2D eigenvalue weighted by atomic mass is 9.96. The molecule has 2 rings (SSSR count). The third-order valence-electron chi connectivity index (χ3n) is 4.05. The number of aromatic nitrogens is 1. The summed E-state index contributed by atoms with van der Waals surface area (Å²) in [5.74, 6) is 0.00556. The number of hydrogen-bond donors (Lipinski definition) is 3. The van der Waals surface area contributed by atoms with E-state index in [4.69, 9.17) is 0 Å². The number of imide groups is 1. The molecule has 1 saturated heterocycles. The van der Waals surface area contributed by atoms with Gasteiger partial charge in [0.05, 0.1) is 6.54 Å². The summed E-state index contributed by atoms with van der Waals surface area (Å²) in [5.41, 5.74) is -0.403. The van der Waals surface area contributed by atoms with E-state index in [1.807, 2.05) is 31.7 Å². The van der Waals surface area contributed by atoms with E-state index in [0.717, 1.165) is 4.47 Å². The number of hydrogen-bond acceptors (Lipinski definition) is 5. The van der Waals surface area contributed by atoms with Crippen molar-refractivity contribution < 1.29 is 14.4 Å². The number of likely N-dealkylation sites (tertiary alicyclic amines) is 1. The van der Waals surface area contributed by atoms with Crippen LogP contribution in [0.3, 0.4) is 0 Å². The Morgan fingerprint density at radius 2 is 1.89 bits per heavy atom. The van der Waals surface area contributed by atoms with Crippen LogP contribution in [0.5, 0.6) is 0 Å². The van der Waals surface area contributed by atoms with E-state index >= 15 is 0 Å². The lowest BCUT2D eigenvalue weighted by Gasteiger charge is -2.30. The van der Waals surface area contributed by atoms with Gasteiger partial charge in [-0.1, -0.05) is 0 Å². The van der Waals surface area contributed by atoms with E-state index < -0.39 is 11.6 Å². The van der Waals surface area contributed by atoms with Crippen molar-refractivity contribution in [3.63, 3.8) is 0 Å². The number of halogens is 1. The van der Waals surface area contributed by atoms with Gasteiger partial charge in [0.15, 0.2) is 0 Å². The number of rotatable bonds is 4. The van der Waals surface area contributed by atoms with Gasteiger partial charge in [-0.25, -0.2) is 9.78 Å². The first-order valence-electron chi connectivity index (χ1n) is 8.89. The molecule has 1 fully saturated rings. The third kappa shape index (κ3) is 7.64. The molecule has 0 aliphatic carbocycles. The molecule has 0 atom stereocenters. The maximum Gasteiger partial charge on any atom is 0.321 e. The van der Waals surface area contributed by atoms with Crippen LogP contribution in [0.15, 0.2) is 22.8 Å². The molecular weight excluding hydrogens is 414 g/mol. The Kier molecular flexibility index (Phi) is 7.32. The second-order valence-electron chi connectivity index (χ2n) is 7.65. The number of nitrogens with zero attached hydrogens (tertiary/aromatic N) is 2. The van der Waals surface area contributed by atoms with E-state index in [-0.39, 0.29) is 24.3 Å². The molecule has 1 aromatic rings. The predicted molar refractivity (Wildman–Crippen MR) is 106 cm³/mol. The quantitative estimate of drug-likeness (QED) is 0.666. The smallest absolute Gasteiger partial charge is 0.321 e. The van der Waals surface area contributed by atoms with E-state index in [9.17, 15) is 14.4 Å². The average Bonchev–Trinajstić information content (AvgIpc) is 2.55. The highest BCUT2D eigenvalue weighted by molar-refractivity contribution is 9.10. The minimum absolute atomic E-state index is 0.0570. The van der Waals surface area contributed by atoms with Gasteiger partial charge in [-0.3, -0.25) is 19.8 Å². The zero-order valence-electron chi connectivity index (χ0n) is 15.8. The van der Waals surface area contributed by atoms with Gasteiger partial charge in [-0.15, -0.1) is 0 Å². The molecule has 4 amide bonds. The van der Waals surface area contributed by atoms with Crippen molar-refractivity contribution in [3.8, 4) is 0 Å². The van der Waals surface area contributed by atoms with Gasteiger partial charge in [0.2, 0.25) is 11.8 Å². The maximum atomic E-state index is 12.3. The lowest BCUT2D eigenvalue weighted by molar-refractivity contribution is -0.122. The van der Waals surface area contributed by atoms with Crippen LogP contribution in [-0.4, -0.2) is 52.9 Å². The molecule has 0 bridgehead atoms. The molecule has 1 aliphatic heterocycles. The highest BCUT2D eigenvalue weighted by atomic mass is 79.9. The number of urea groups is 1. The maximum absolute atomic E-state index is 12.3. The summed E-state index contributed by atoms with van der Waals surface area (Å²) in [6.45, 7) is 6.92. The summed E-state index contributed by atoms with van der Waals surface area (Å²) in [6.07, 6.45) is 2.94. The summed E-state index contributed by atoms with van der Waals surface area (Å²) < 4.78 is 0.850. The fraction of sp³-hybridized carbons (Fsp3) is 0.556. The SMILES string of the molecule is CC(C)(C)NC(=O)NC(=O)CN1CCC(C(=O)Nc2ccc(Br)cn2)CC1. The van der Waals surface area contributed by atoms with Gasteiger partial charge in [-0.05, 0) is 74.8 Å². The molecule has 0 unspecified atom stereocenters. The van der Waals surface area contributed by atoms with Crippen LogP contribution in [0.1, 0.15) is 33.6 Å². The number of anilines is 1. The van der Waals surface area contributed by atoms with E-state index in [1.54, 1.807) is 12.3 Å². The van der Waals surface area contributed by atoms with Crippen molar-refractivity contribution >= 4 is 39.6 Å². The molecule has 0 spiro atoms. The van der Waals surface area contributed by atoms with Crippen LogP contribution in [0.25, 0.3) is 0 Å². The van der Waals surface area contributed by atoms with Gasteiger partial charge in [0.25, 0.3) is 0 Å². The molecule has 9 heteroatoms. The van der Waals surface area contributed by atoms with Crippen LogP contribution in [-0.2, 0) is 9.59 Å². The minimum Gasteiger partial charge on any atom is -0.333 e. The van der Waals surface area contributed by atoms with Crippen LogP contribution < -0.4 is 16.0 Å². The molecule has 0 aromatic carbocycles. The Bertz CT molecular complexity index is 679. The Balaban J connectivity index is 1.73. The predicted octanol–water partition coefficient (Wildman–Crippen LogP) is 2.12. The second kappa shape index (κ2) is 9.27. The molecule has 2 heterocycles. The highest BCUT2D eigenvalue weighted by Gasteiger charge is 2.26. The van der Waals surface area contributed by atoms with Crippen LogP contribution in [0.2, 0.25) is 0 Å². The Morgan fingerprint density at radius 3 is 2.44 bits per heavy atom. The monoisotopic (exact) mass is 439 g/mol. The largest absolute Gasteiger partial charge is 0.333 e. The number of piperidine rings is 1. The highest BCUT2D eigenvalue weighted by Crippen LogP contribution is 2.19. The van der Waals surface area contributed by atoms with Crippen molar-refractivity contribution in [1.29, 1.82) is 0 Å². The summed E-state index contributed by atoms with van der Waals surface area (Å²) >= 11 is 3.30. The van der Waals surface area contributed by atoms with Crippen molar-refractivity contribution in [3.05, 3.63) is 22.8 Å². The van der Waals surface area contributed by atoms with Gasteiger partial charge in [0.1, 0.15) is 5.82 Å². The number of carbonyl (C=O) groups is 3. The van der Waals surface area contributed by atoms with Gasteiger partial charge in [-0.2, -0.15) is 0 Å². The molecule has 0 saturated carbocycles. The second-order valence-corrected chi connectivity index (χ2v) is 8.57. The summed E-state index contributed by atoms with van der Waals surface area (Å²) in [7, 11) is 0. The Labute approximate surface area is 167 Å². The first-order chi connectivity index (χ1) is 12.6. The summed E-state index contributed by atoms with van der Waals surface area (Å²) in [5, 5.41) is 7.84. The van der Waals surface area contributed by atoms with Crippen molar-refractivity contribution in [2.45, 2.75) is 39.2 Å². The van der Waals surface area contributed by atoms with Crippen molar-refractivity contribution in [2.75, 3.05) is 25.0 Å². The van der Waals surface area contributed by atoms with Crippen LogP contribution in [0.4, 0.5) is 10.6 Å². The Hall–Kier alpha value is -2.00. The van der Waals surface area contributed by atoms with Gasteiger partial charge in [0, 0.05) is 22.1 Å². The van der Waals surface area contributed by atoms with Crippen molar-refractivity contribution in [1.82, 2.24) is 20.5 Å². The standard InChI is InChI=1S/C18H26BrN5O3/c1-18(2,3)23-17(27)22-15(25)11-24-8-6-12(7-9-24)16(26)21-14-5-4-13(19)10-20-14/h4-5,10,12H,6-9,11H2,1-3H3,(H,20,21,26)(H2,22,23,25,27). The summed E-state index contributed by atoms with van der Waals surface area (Å²) in [6, 6.07) is 3.06. The first-order valence-corrected chi connectivity index (χ1v) is 9.68. The number of amides is 4.